The second-order valence-electron chi connectivity index (χ2n) is 3.09. The van der Waals surface area contributed by atoms with Gasteiger partial charge >= 0.3 is 0 Å². The number of hydrogen-bond donors (Lipinski definition) is 1. The number of methoxy groups -OCH3 is 2. The van der Waals surface area contributed by atoms with Crippen molar-refractivity contribution in [1.82, 2.24) is 0 Å². The van der Waals surface area contributed by atoms with Crippen LogP contribution in [0, 0.1) is 0 Å². The Morgan fingerprint density at radius 2 is 1.88 bits per heavy atom. The van der Waals surface area contributed by atoms with Gasteiger partial charge in [0.05, 0.1) is 19.8 Å². The van der Waals surface area contributed by atoms with E-state index in [1.807, 2.05) is 0 Å². The van der Waals surface area contributed by atoms with E-state index < -0.39 is 5.75 Å². The molecule has 0 aliphatic rings. The first-order chi connectivity index (χ1) is 7.56. The maximum absolute atomic E-state index is 11.3. The summed E-state index contributed by atoms with van der Waals surface area (Å²) in [5.74, 6) is -0.472. The Morgan fingerprint density at radius 3 is 2.25 bits per heavy atom. The van der Waals surface area contributed by atoms with E-state index in [1.54, 1.807) is 0 Å². The van der Waals surface area contributed by atoms with E-state index in [-0.39, 0.29) is 28.4 Å². The van der Waals surface area contributed by atoms with E-state index in [0.29, 0.717) is 6.29 Å². The number of ether oxygens (including phenoxy) is 2. The largest absolute Gasteiger partial charge is 0.506 e. The fraction of sp³-hybridized carbons (Fsp3) is 0.273. The molecule has 0 aliphatic heterocycles. The summed E-state index contributed by atoms with van der Waals surface area (Å²) in [6.45, 7) is 1.28. The predicted octanol–water partition coefficient (Wildman–Crippen LogP) is 1.42. The average molecular weight is 224 g/mol. The van der Waals surface area contributed by atoms with Crippen molar-refractivity contribution in [2.75, 3.05) is 14.2 Å². The van der Waals surface area contributed by atoms with Gasteiger partial charge in [0, 0.05) is 6.07 Å². The van der Waals surface area contributed by atoms with Gasteiger partial charge in [-0.1, -0.05) is 0 Å². The molecular formula is C11H12O5. The van der Waals surface area contributed by atoms with Gasteiger partial charge in [0.15, 0.2) is 12.1 Å². The quantitative estimate of drug-likeness (QED) is 0.618. The molecule has 0 aromatic heterocycles. The molecule has 0 amide bonds. The molecule has 86 valence electrons. The lowest BCUT2D eigenvalue weighted by Crippen LogP contribution is -2.02. The number of phenolic OH excluding ortho intramolecular Hbond substituents is 1. The van der Waals surface area contributed by atoms with Crippen LogP contribution < -0.4 is 9.47 Å². The van der Waals surface area contributed by atoms with Crippen molar-refractivity contribution in [3.8, 4) is 17.2 Å². The summed E-state index contributed by atoms with van der Waals surface area (Å²) < 4.78 is 9.86. The zero-order valence-electron chi connectivity index (χ0n) is 9.23. The summed E-state index contributed by atoms with van der Waals surface area (Å²) >= 11 is 0. The van der Waals surface area contributed by atoms with Crippen LogP contribution in [0.2, 0.25) is 0 Å². The molecule has 0 atom stereocenters. The van der Waals surface area contributed by atoms with Gasteiger partial charge in [0.25, 0.3) is 0 Å². The molecule has 0 saturated heterocycles. The molecule has 5 heteroatoms. The van der Waals surface area contributed by atoms with E-state index in [9.17, 15) is 14.7 Å². The fourth-order valence-electron chi connectivity index (χ4n) is 1.42. The van der Waals surface area contributed by atoms with Crippen molar-refractivity contribution in [2.45, 2.75) is 6.92 Å². The van der Waals surface area contributed by atoms with Crippen LogP contribution in [0.5, 0.6) is 17.2 Å². The lowest BCUT2D eigenvalue weighted by molar-refractivity contribution is 0.101. The van der Waals surface area contributed by atoms with Crippen LogP contribution in [-0.4, -0.2) is 31.4 Å². The highest BCUT2D eigenvalue weighted by Crippen LogP contribution is 2.37. The normalized spacial score (nSPS) is 9.69. The van der Waals surface area contributed by atoms with Crippen LogP contribution >= 0.6 is 0 Å². The van der Waals surface area contributed by atoms with E-state index in [1.165, 1.54) is 27.2 Å². The number of phenols is 1. The van der Waals surface area contributed by atoms with Gasteiger partial charge in [-0.15, -0.1) is 0 Å². The standard InChI is InChI=1S/C11H12O5/c1-6(13)10-9(16-3)4-8(15-2)7(5-12)11(10)14/h4-5,14H,1-3H3. The van der Waals surface area contributed by atoms with Crippen molar-refractivity contribution in [1.29, 1.82) is 0 Å². The maximum Gasteiger partial charge on any atom is 0.167 e. The van der Waals surface area contributed by atoms with Crippen molar-refractivity contribution < 1.29 is 24.2 Å². The van der Waals surface area contributed by atoms with Crippen LogP contribution in [-0.2, 0) is 0 Å². The highest BCUT2D eigenvalue weighted by molar-refractivity contribution is 6.03. The molecule has 0 aliphatic carbocycles. The zero-order chi connectivity index (χ0) is 12.3. The Morgan fingerprint density at radius 1 is 1.31 bits per heavy atom. The number of benzene rings is 1. The molecule has 0 fully saturated rings. The fourth-order valence-corrected chi connectivity index (χ4v) is 1.42. The van der Waals surface area contributed by atoms with Gasteiger partial charge in [0.2, 0.25) is 0 Å². The molecule has 1 aromatic carbocycles. The van der Waals surface area contributed by atoms with E-state index in [0.717, 1.165) is 0 Å². The van der Waals surface area contributed by atoms with Crippen molar-refractivity contribution in [3.05, 3.63) is 17.2 Å². The molecule has 16 heavy (non-hydrogen) atoms. The van der Waals surface area contributed by atoms with Crippen molar-refractivity contribution in [2.24, 2.45) is 0 Å². The second kappa shape index (κ2) is 4.65. The first kappa shape index (κ1) is 12.0. The molecule has 0 bridgehead atoms. The smallest absolute Gasteiger partial charge is 0.167 e. The summed E-state index contributed by atoms with van der Waals surface area (Å²) in [6, 6.07) is 1.39. The molecule has 1 aromatic rings. The number of Topliss-reactive ketones (excluding diaryl/α,β-unsaturated/α-hetero) is 1. The minimum atomic E-state index is -0.418. The third-order valence-electron chi connectivity index (χ3n) is 2.18. The molecule has 1 rings (SSSR count). The SMILES string of the molecule is COc1cc(OC)c(C(C)=O)c(O)c1C=O. The van der Waals surface area contributed by atoms with Crippen LogP contribution in [0.4, 0.5) is 0 Å². The monoisotopic (exact) mass is 224 g/mol. The van der Waals surface area contributed by atoms with E-state index >= 15 is 0 Å². The molecule has 5 nitrogen and oxygen atoms in total. The van der Waals surface area contributed by atoms with Crippen LogP contribution in [0.3, 0.4) is 0 Å². The lowest BCUT2D eigenvalue weighted by atomic mass is 10.0. The zero-order valence-corrected chi connectivity index (χ0v) is 9.23. The Bertz CT molecular complexity index is 436. The van der Waals surface area contributed by atoms with Crippen molar-refractivity contribution >= 4 is 12.1 Å². The van der Waals surface area contributed by atoms with E-state index in [2.05, 4.69) is 0 Å². The predicted molar refractivity (Wildman–Crippen MR) is 56.6 cm³/mol. The molecular weight excluding hydrogens is 212 g/mol. The topological polar surface area (TPSA) is 72.8 Å². The van der Waals surface area contributed by atoms with Crippen LogP contribution in [0.1, 0.15) is 27.6 Å². The summed E-state index contributed by atoms with van der Waals surface area (Å²) in [5.41, 5.74) is -0.0844. The minimum Gasteiger partial charge on any atom is -0.506 e. The molecule has 1 N–H and O–H groups in total. The van der Waals surface area contributed by atoms with Gasteiger partial charge in [0.1, 0.15) is 22.8 Å². The third kappa shape index (κ3) is 1.84. The number of hydrogen-bond acceptors (Lipinski definition) is 5. The molecule has 0 unspecified atom stereocenters. The molecule has 0 heterocycles. The van der Waals surface area contributed by atoms with Gasteiger partial charge in [-0.2, -0.15) is 0 Å². The Kier molecular flexibility index (Phi) is 3.50. The molecule has 0 radical (unpaired) electrons. The van der Waals surface area contributed by atoms with Crippen LogP contribution in [0.25, 0.3) is 0 Å². The van der Waals surface area contributed by atoms with Crippen LogP contribution in [0.15, 0.2) is 6.07 Å². The number of aldehydes is 1. The summed E-state index contributed by atoms with van der Waals surface area (Å²) in [5, 5.41) is 9.77. The summed E-state index contributed by atoms with van der Waals surface area (Å²) in [7, 11) is 2.72. The average Bonchev–Trinajstić information content (AvgIpc) is 2.26. The highest BCUT2D eigenvalue weighted by atomic mass is 16.5. The number of carbonyl (C=O) groups is 2. The number of aromatic hydroxyl groups is 1. The second-order valence-corrected chi connectivity index (χ2v) is 3.09. The number of rotatable bonds is 4. The maximum atomic E-state index is 11.3. The first-order valence-corrected chi connectivity index (χ1v) is 4.50. The lowest BCUT2D eigenvalue weighted by Gasteiger charge is -2.12. The first-order valence-electron chi connectivity index (χ1n) is 4.50. The Labute approximate surface area is 92.6 Å². The summed E-state index contributed by atoms with van der Waals surface area (Å²) in [4.78, 5) is 22.1. The number of ketones is 1. The highest BCUT2D eigenvalue weighted by Gasteiger charge is 2.21. The van der Waals surface area contributed by atoms with Crippen molar-refractivity contribution in [3.63, 3.8) is 0 Å². The van der Waals surface area contributed by atoms with Gasteiger partial charge in [-0.25, -0.2) is 0 Å². The Hall–Kier alpha value is -2.04. The minimum absolute atomic E-state index is 0.0228. The molecule has 0 saturated carbocycles. The van der Waals surface area contributed by atoms with Gasteiger partial charge < -0.3 is 14.6 Å². The third-order valence-corrected chi connectivity index (χ3v) is 2.18. The molecule has 0 spiro atoms. The number of carbonyl (C=O) groups excluding carboxylic acids is 2. The Balaban J connectivity index is 3.61. The van der Waals surface area contributed by atoms with Gasteiger partial charge in [-0.3, -0.25) is 9.59 Å². The van der Waals surface area contributed by atoms with E-state index in [4.69, 9.17) is 9.47 Å². The summed E-state index contributed by atoms with van der Waals surface area (Å²) in [6.07, 6.45) is 0.431. The van der Waals surface area contributed by atoms with Gasteiger partial charge in [-0.05, 0) is 6.92 Å².